The van der Waals surface area contributed by atoms with E-state index in [0.717, 1.165) is 10.7 Å². The molecule has 3 aromatic carbocycles. The Morgan fingerprint density at radius 3 is 2.67 bits per heavy atom. The number of aromatic nitrogens is 2. The van der Waals surface area contributed by atoms with E-state index in [0.29, 0.717) is 21.2 Å². The molecule has 12 heteroatoms. The molecular weight excluding hydrogens is 573 g/mol. The number of carbonyl (C=O) groups excluding carboxylic acids is 1. The number of halogens is 2. The molecule has 10 nitrogen and oxygen atoms in total. The number of carbonyl (C=O) groups is 1. The molecule has 0 saturated heterocycles. The summed E-state index contributed by atoms with van der Waals surface area (Å²) in [6, 6.07) is 14.3. The Morgan fingerprint density at radius 2 is 1.97 bits per heavy atom. The predicted octanol–water partition coefficient (Wildman–Crippen LogP) is 5.40. The van der Waals surface area contributed by atoms with E-state index in [1.54, 1.807) is 18.2 Å². The number of rotatable bonds is 7. The number of nitrogens with zero attached hydrogens (tertiary/aromatic N) is 4. The Morgan fingerprint density at radius 1 is 1.21 bits per heavy atom. The molecule has 0 fully saturated rings. The van der Waals surface area contributed by atoms with Crippen LogP contribution in [-0.4, -0.2) is 33.3 Å². The van der Waals surface area contributed by atoms with Gasteiger partial charge in [-0.15, -0.1) is 0 Å². The Kier molecular flexibility index (Phi) is 7.86. The smallest absolute Gasteiger partial charge is 0.282 e. The number of hydrogen-bond donors (Lipinski definition) is 1. The lowest BCUT2D eigenvalue weighted by molar-refractivity contribution is -0.384. The van der Waals surface area contributed by atoms with Gasteiger partial charge in [-0.1, -0.05) is 42.8 Å². The lowest BCUT2D eigenvalue weighted by Gasteiger charge is -2.21. The number of benzene rings is 3. The van der Waals surface area contributed by atoms with Crippen LogP contribution in [0.5, 0.6) is 5.75 Å². The standard InChI is InChI=1S/C27H23BrFN5O5/c1-27(2,3)26-32-22-9-7-17(28)12-21(22)25(36)33(26)30-14-16-11-20(34(37)38)8-10-23(16)39-15-24(35)31-19-6-4-5-18(29)13-19/h4-14H,15H2,1-3H3,(H,31,35). The molecule has 1 amide bonds. The highest BCUT2D eigenvalue weighted by Gasteiger charge is 2.23. The minimum atomic E-state index is -0.584. The first-order valence-electron chi connectivity index (χ1n) is 11.7. The van der Waals surface area contributed by atoms with E-state index >= 15 is 0 Å². The maximum atomic E-state index is 13.4. The first-order valence-corrected chi connectivity index (χ1v) is 12.5. The molecule has 0 spiro atoms. The molecule has 0 unspecified atom stereocenters. The van der Waals surface area contributed by atoms with Crippen LogP contribution in [0.3, 0.4) is 0 Å². The SMILES string of the molecule is CC(C)(C)c1nc2ccc(Br)cc2c(=O)n1N=Cc1cc([N+](=O)[O-])ccc1OCC(=O)Nc1cccc(F)c1. The van der Waals surface area contributed by atoms with Crippen molar-refractivity contribution in [2.24, 2.45) is 5.10 Å². The lowest BCUT2D eigenvalue weighted by Crippen LogP contribution is -2.29. The minimum absolute atomic E-state index is 0.112. The van der Waals surface area contributed by atoms with E-state index < -0.39 is 34.2 Å². The molecule has 0 aliphatic rings. The van der Waals surface area contributed by atoms with E-state index in [1.165, 1.54) is 42.6 Å². The van der Waals surface area contributed by atoms with Crippen LogP contribution in [0.25, 0.3) is 10.9 Å². The first kappa shape index (κ1) is 27.6. The van der Waals surface area contributed by atoms with Gasteiger partial charge in [0.05, 0.1) is 22.0 Å². The summed E-state index contributed by atoms with van der Waals surface area (Å²) in [5.74, 6) is -0.595. The van der Waals surface area contributed by atoms with E-state index in [4.69, 9.17) is 4.74 Å². The molecule has 0 atom stereocenters. The zero-order chi connectivity index (χ0) is 28.3. The maximum Gasteiger partial charge on any atom is 0.282 e. The van der Waals surface area contributed by atoms with Crippen LogP contribution in [0, 0.1) is 15.9 Å². The van der Waals surface area contributed by atoms with Crippen LogP contribution >= 0.6 is 15.9 Å². The number of non-ortho nitro benzene ring substituents is 1. The fourth-order valence-electron chi connectivity index (χ4n) is 3.65. The first-order chi connectivity index (χ1) is 18.4. The van der Waals surface area contributed by atoms with E-state index in [2.05, 4.69) is 31.3 Å². The van der Waals surface area contributed by atoms with Crippen LogP contribution in [0.2, 0.25) is 0 Å². The topological polar surface area (TPSA) is 129 Å². The fraction of sp³-hybridized carbons (Fsp3) is 0.185. The number of fused-ring (bicyclic) bond motifs is 1. The van der Waals surface area contributed by atoms with Gasteiger partial charge in [-0.25, -0.2) is 9.37 Å². The van der Waals surface area contributed by atoms with E-state index in [9.17, 15) is 24.1 Å². The normalized spacial score (nSPS) is 11.6. The zero-order valence-electron chi connectivity index (χ0n) is 21.1. The Bertz CT molecular complexity index is 1680. The largest absolute Gasteiger partial charge is 0.483 e. The van der Waals surface area contributed by atoms with Crippen LogP contribution in [-0.2, 0) is 10.2 Å². The molecule has 200 valence electrons. The molecule has 1 aromatic heterocycles. The average Bonchev–Trinajstić information content (AvgIpc) is 2.86. The summed E-state index contributed by atoms with van der Waals surface area (Å²) in [4.78, 5) is 41.2. The van der Waals surface area contributed by atoms with Crippen LogP contribution in [0.15, 0.2) is 75.0 Å². The molecule has 4 aromatic rings. The summed E-state index contributed by atoms with van der Waals surface area (Å²) in [5, 5.41) is 18.6. The third kappa shape index (κ3) is 6.52. The number of nitro benzene ring substituents is 1. The van der Waals surface area contributed by atoms with E-state index in [-0.39, 0.29) is 22.7 Å². The number of nitro groups is 1. The quantitative estimate of drug-likeness (QED) is 0.173. The molecule has 0 aliphatic carbocycles. The monoisotopic (exact) mass is 595 g/mol. The van der Waals surface area contributed by atoms with Crippen molar-refractivity contribution in [1.29, 1.82) is 0 Å². The molecule has 0 aliphatic heterocycles. The molecule has 0 radical (unpaired) electrons. The third-order valence-corrected chi connectivity index (χ3v) is 5.96. The van der Waals surface area contributed by atoms with Crippen molar-refractivity contribution >= 4 is 50.3 Å². The molecule has 1 heterocycles. The second-order valence-corrected chi connectivity index (χ2v) is 10.5. The molecule has 4 rings (SSSR count). The lowest BCUT2D eigenvalue weighted by atomic mass is 9.95. The predicted molar refractivity (Wildman–Crippen MR) is 149 cm³/mol. The second-order valence-electron chi connectivity index (χ2n) is 9.53. The summed E-state index contributed by atoms with van der Waals surface area (Å²) in [5.41, 5.74) is -0.332. The van der Waals surface area contributed by atoms with Crippen molar-refractivity contribution in [2.75, 3.05) is 11.9 Å². The van der Waals surface area contributed by atoms with Crippen molar-refractivity contribution < 1.29 is 18.8 Å². The van der Waals surface area contributed by atoms with Gasteiger partial charge in [0.25, 0.3) is 17.2 Å². The van der Waals surface area contributed by atoms with Gasteiger partial charge in [-0.05, 0) is 42.5 Å². The molecule has 1 N–H and O–H groups in total. The Labute approximate surface area is 230 Å². The Balaban J connectivity index is 1.70. The summed E-state index contributed by atoms with van der Waals surface area (Å²) >= 11 is 3.36. The molecule has 0 bridgehead atoms. The number of anilines is 1. The van der Waals surface area contributed by atoms with Crippen molar-refractivity contribution in [3.05, 3.63) is 103 Å². The van der Waals surface area contributed by atoms with Crippen LogP contribution in [0.1, 0.15) is 32.2 Å². The highest BCUT2D eigenvalue weighted by atomic mass is 79.9. The summed E-state index contributed by atoms with van der Waals surface area (Å²) in [6.45, 7) is 5.17. The number of ether oxygens (including phenoxy) is 1. The van der Waals surface area contributed by atoms with E-state index in [1.807, 2.05) is 20.8 Å². The number of hydrogen-bond acceptors (Lipinski definition) is 7. The van der Waals surface area contributed by atoms with Gasteiger partial charge >= 0.3 is 0 Å². The average molecular weight is 596 g/mol. The van der Waals surface area contributed by atoms with Gasteiger partial charge in [0.2, 0.25) is 0 Å². The van der Waals surface area contributed by atoms with Crippen LogP contribution < -0.4 is 15.6 Å². The van der Waals surface area contributed by atoms with Gasteiger partial charge in [-0.2, -0.15) is 9.78 Å². The van der Waals surface area contributed by atoms with Crippen molar-refractivity contribution in [3.63, 3.8) is 0 Å². The van der Waals surface area contributed by atoms with Gasteiger partial charge in [0.1, 0.15) is 17.4 Å². The minimum Gasteiger partial charge on any atom is -0.483 e. The molecule has 0 saturated carbocycles. The highest BCUT2D eigenvalue weighted by molar-refractivity contribution is 9.10. The number of nitrogens with one attached hydrogen (secondary N) is 1. The molecular formula is C27H23BrFN5O5. The summed E-state index contributed by atoms with van der Waals surface area (Å²) in [7, 11) is 0. The van der Waals surface area contributed by atoms with Gasteiger partial charge in [0, 0.05) is 33.3 Å². The van der Waals surface area contributed by atoms with Crippen molar-refractivity contribution in [2.45, 2.75) is 26.2 Å². The highest BCUT2D eigenvalue weighted by Crippen LogP contribution is 2.25. The summed E-state index contributed by atoms with van der Waals surface area (Å²) in [6.07, 6.45) is 1.24. The maximum absolute atomic E-state index is 13.4. The van der Waals surface area contributed by atoms with Gasteiger partial charge < -0.3 is 10.1 Å². The second kappa shape index (κ2) is 11.1. The number of amides is 1. The van der Waals surface area contributed by atoms with Gasteiger partial charge in [-0.3, -0.25) is 19.7 Å². The van der Waals surface area contributed by atoms with Crippen molar-refractivity contribution in [3.8, 4) is 5.75 Å². The fourth-order valence-corrected chi connectivity index (χ4v) is 4.01. The summed E-state index contributed by atoms with van der Waals surface area (Å²) < 4.78 is 20.9. The van der Waals surface area contributed by atoms with Crippen molar-refractivity contribution in [1.82, 2.24) is 9.66 Å². The van der Waals surface area contributed by atoms with Gasteiger partial charge in [0.15, 0.2) is 6.61 Å². The molecule has 39 heavy (non-hydrogen) atoms. The zero-order valence-corrected chi connectivity index (χ0v) is 22.7. The Hall–Kier alpha value is -4.45. The third-order valence-electron chi connectivity index (χ3n) is 5.46. The van der Waals surface area contributed by atoms with Crippen LogP contribution in [0.4, 0.5) is 15.8 Å².